The number of hydrogen-bond donors (Lipinski definition) is 3. The Hall–Kier alpha value is -3.04. The van der Waals surface area contributed by atoms with Crippen molar-refractivity contribution in [2.24, 2.45) is 5.92 Å². The minimum atomic E-state index is -0.867. The van der Waals surface area contributed by atoms with Crippen molar-refractivity contribution >= 4 is 29.7 Å². The fourth-order valence-electron chi connectivity index (χ4n) is 4.34. The quantitative estimate of drug-likeness (QED) is 0.444. The van der Waals surface area contributed by atoms with Gasteiger partial charge in [0.2, 0.25) is 5.91 Å². The number of hydrogen-bond acceptors (Lipinski definition) is 6. The van der Waals surface area contributed by atoms with Crippen LogP contribution in [0, 0.1) is 5.92 Å². The van der Waals surface area contributed by atoms with Gasteiger partial charge in [-0.2, -0.15) is 11.8 Å². The number of carbonyl (C=O) groups is 3. The van der Waals surface area contributed by atoms with Gasteiger partial charge in [0.25, 0.3) is 0 Å². The molecule has 2 unspecified atom stereocenters. The Balaban J connectivity index is 1.10. The van der Waals surface area contributed by atoms with Gasteiger partial charge in [0.05, 0.1) is 24.4 Å². The molecule has 1 fully saturated rings. The molecule has 2 atom stereocenters. The van der Waals surface area contributed by atoms with Gasteiger partial charge in [-0.3, -0.25) is 9.59 Å². The van der Waals surface area contributed by atoms with Gasteiger partial charge in [-0.1, -0.05) is 48.5 Å². The number of carbonyl (C=O) groups excluding carboxylic acids is 2. The van der Waals surface area contributed by atoms with E-state index in [1.54, 1.807) is 0 Å². The van der Waals surface area contributed by atoms with Crippen LogP contribution in [-0.4, -0.2) is 67.0 Å². The van der Waals surface area contributed by atoms with E-state index in [1.165, 1.54) is 34.0 Å². The molecule has 0 bridgehead atoms. The van der Waals surface area contributed by atoms with E-state index in [0.717, 1.165) is 0 Å². The van der Waals surface area contributed by atoms with Crippen LogP contribution < -0.4 is 10.6 Å². The van der Waals surface area contributed by atoms with E-state index in [0.29, 0.717) is 25.3 Å². The van der Waals surface area contributed by atoms with E-state index in [2.05, 4.69) is 34.9 Å². The zero-order valence-electron chi connectivity index (χ0n) is 18.7. The molecule has 34 heavy (non-hydrogen) atoms. The zero-order valence-corrected chi connectivity index (χ0v) is 19.5. The van der Waals surface area contributed by atoms with Crippen LogP contribution in [0.1, 0.15) is 23.5 Å². The third kappa shape index (κ3) is 5.90. The monoisotopic (exact) mass is 484 g/mol. The van der Waals surface area contributed by atoms with Gasteiger partial charge >= 0.3 is 12.1 Å². The first-order valence-electron chi connectivity index (χ1n) is 11.3. The predicted molar refractivity (Wildman–Crippen MR) is 129 cm³/mol. The van der Waals surface area contributed by atoms with Crippen molar-refractivity contribution in [1.82, 2.24) is 10.6 Å². The zero-order chi connectivity index (χ0) is 23.9. The SMILES string of the molecule is O=C(CSCCNC(=O)OCC1c2ccccc2-c2ccccc21)NCC1CC(C(=O)O)CO1. The fraction of sp³-hybridized carbons (Fsp3) is 0.400. The number of fused-ring (bicyclic) bond motifs is 3. The van der Waals surface area contributed by atoms with Gasteiger partial charge in [-0.25, -0.2) is 4.79 Å². The summed E-state index contributed by atoms with van der Waals surface area (Å²) < 4.78 is 10.9. The predicted octanol–water partition coefficient (Wildman–Crippen LogP) is 2.86. The molecule has 2 aliphatic rings. The van der Waals surface area contributed by atoms with Crippen LogP contribution in [0.4, 0.5) is 4.79 Å². The lowest BCUT2D eigenvalue weighted by Gasteiger charge is -2.14. The third-order valence-electron chi connectivity index (χ3n) is 6.05. The highest BCUT2D eigenvalue weighted by molar-refractivity contribution is 7.99. The van der Waals surface area contributed by atoms with Crippen LogP contribution in [0.25, 0.3) is 11.1 Å². The lowest BCUT2D eigenvalue weighted by molar-refractivity contribution is -0.141. The van der Waals surface area contributed by atoms with Gasteiger partial charge in [-0.15, -0.1) is 0 Å². The molecule has 1 heterocycles. The lowest BCUT2D eigenvalue weighted by Crippen LogP contribution is -2.33. The molecule has 180 valence electrons. The molecule has 1 aliphatic carbocycles. The topological polar surface area (TPSA) is 114 Å². The Morgan fingerprint density at radius 3 is 2.35 bits per heavy atom. The smallest absolute Gasteiger partial charge is 0.407 e. The molecule has 1 aliphatic heterocycles. The number of carboxylic acids is 1. The molecular weight excluding hydrogens is 456 g/mol. The Kier molecular flexibility index (Phi) is 8.08. The maximum Gasteiger partial charge on any atom is 0.407 e. The summed E-state index contributed by atoms with van der Waals surface area (Å²) in [5, 5.41) is 14.5. The number of benzene rings is 2. The number of aliphatic carboxylic acids is 1. The van der Waals surface area contributed by atoms with Crippen LogP contribution in [0.2, 0.25) is 0 Å². The Morgan fingerprint density at radius 2 is 1.71 bits per heavy atom. The van der Waals surface area contributed by atoms with Crippen LogP contribution in [-0.2, 0) is 19.1 Å². The molecule has 2 aromatic rings. The molecule has 0 aromatic heterocycles. The summed E-state index contributed by atoms with van der Waals surface area (Å²) in [5.41, 5.74) is 4.70. The molecule has 9 heteroatoms. The third-order valence-corrected chi connectivity index (χ3v) is 7.01. The minimum Gasteiger partial charge on any atom is -0.481 e. The van der Waals surface area contributed by atoms with Crippen molar-refractivity contribution in [2.75, 3.05) is 37.8 Å². The summed E-state index contributed by atoms with van der Waals surface area (Å²) >= 11 is 1.40. The fourth-order valence-corrected chi connectivity index (χ4v) is 5.02. The number of ether oxygens (including phenoxy) is 2. The van der Waals surface area contributed by atoms with E-state index in [9.17, 15) is 14.4 Å². The van der Waals surface area contributed by atoms with Gasteiger partial charge < -0.3 is 25.2 Å². The van der Waals surface area contributed by atoms with Crippen molar-refractivity contribution < 1.29 is 29.0 Å². The van der Waals surface area contributed by atoms with E-state index >= 15 is 0 Å². The average Bonchev–Trinajstić information content (AvgIpc) is 3.44. The molecule has 2 aromatic carbocycles. The van der Waals surface area contributed by atoms with Crippen LogP contribution in [0.5, 0.6) is 0 Å². The van der Waals surface area contributed by atoms with Gasteiger partial charge in [-0.05, 0) is 28.7 Å². The van der Waals surface area contributed by atoms with E-state index in [4.69, 9.17) is 14.6 Å². The normalized spacial score (nSPS) is 18.7. The molecule has 1 saturated heterocycles. The molecule has 0 saturated carbocycles. The van der Waals surface area contributed by atoms with Gasteiger partial charge in [0, 0.05) is 24.8 Å². The lowest BCUT2D eigenvalue weighted by atomic mass is 9.98. The number of amides is 2. The number of thioether (sulfide) groups is 1. The minimum absolute atomic E-state index is 0.0193. The molecule has 4 rings (SSSR count). The van der Waals surface area contributed by atoms with E-state index in [-0.39, 0.29) is 36.9 Å². The van der Waals surface area contributed by atoms with E-state index < -0.39 is 18.0 Å². The highest BCUT2D eigenvalue weighted by Crippen LogP contribution is 2.44. The molecular formula is C25H28N2O6S. The summed E-state index contributed by atoms with van der Waals surface area (Å²) in [6, 6.07) is 16.4. The maximum atomic E-state index is 12.2. The van der Waals surface area contributed by atoms with Gasteiger partial charge in [0.15, 0.2) is 0 Å². The highest BCUT2D eigenvalue weighted by Gasteiger charge is 2.31. The van der Waals surface area contributed by atoms with Crippen molar-refractivity contribution in [1.29, 1.82) is 0 Å². The second-order valence-corrected chi connectivity index (χ2v) is 9.44. The first-order chi connectivity index (χ1) is 16.5. The first-order valence-corrected chi connectivity index (χ1v) is 12.5. The molecule has 3 N–H and O–H groups in total. The van der Waals surface area contributed by atoms with Crippen molar-refractivity contribution in [3.05, 3.63) is 59.7 Å². The number of rotatable bonds is 10. The summed E-state index contributed by atoms with van der Waals surface area (Å²) in [5.74, 6) is -0.673. The van der Waals surface area contributed by atoms with E-state index in [1.807, 2.05) is 24.3 Å². The van der Waals surface area contributed by atoms with Crippen LogP contribution in [0.15, 0.2) is 48.5 Å². The maximum absolute atomic E-state index is 12.2. The number of alkyl carbamates (subject to hydrolysis) is 1. The highest BCUT2D eigenvalue weighted by atomic mass is 32.2. The second kappa shape index (κ2) is 11.4. The number of nitrogens with one attached hydrogen (secondary N) is 2. The van der Waals surface area contributed by atoms with Crippen LogP contribution >= 0.6 is 11.8 Å². The standard InChI is InChI=1S/C25H28N2O6S/c28-23(27-12-17-11-16(13-32-17)24(29)30)15-34-10-9-26-25(31)33-14-22-20-7-3-1-5-18(20)19-6-2-4-8-21(19)22/h1-8,16-17,22H,9-15H2,(H,26,31)(H,27,28)(H,29,30). The van der Waals surface area contributed by atoms with Crippen molar-refractivity contribution in [3.8, 4) is 11.1 Å². The summed E-state index contributed by atoms with van der Waals surface area (Å²) in [4.78, 5) is 35.0. The van der Waals surface area contributed by atoms with Gasteiger partial charge in [0.1, 0.15) is 6.61 Å². The second-order valence-electron chi connectivity index (χ2n) is 8.34. The summed E-state index contributed by atoms with van der Waals surface area (Å²) in [6.07, 6.45) is -0.323. The van der Waals surface area contributed by atoms with Crippen molar-refractivity contribution in [2.45, 2.75) is 18.4 Å². The summed E-state index contributed by atoms with van der Waals surface area (Å²) in [6.45, 7) is 1.15. The Bertz CT molecular complexity index is 1000. The number of carboxylic acid groups (broad SMARTS) is 1. The molecule has 0 spiro atoms. The van der Waals surface area contributed by atoms with Crippen molar-refractivity contribution in [3.63, 3.8) is 0 Å². The average molecular weight is 485 g/mol. The molecule has 2 amide bonds. The Labute approximate surface area is 202 Å². The summed E-state index contributed by atoms with van der Waals surface area (Å²) in [7, 11) is 0. The first kappa shape index (κ1) is 24.1. The van der Waals surface area contributed by atoms with Crippen LogP contribution in [0.3, 0.4) is 0 Å². The Morgan fingerprint density at radius 1 is 1.03 bits per heavy atom. The molecule has 0 radical (unpaired) electrons. The molecule has 8 nitrogen and oxygen atoms in total. The largest absolute Gasteiger partial charge is 0.481 e.